The van der Waals surface area contributed by atoms with Gasteiger partial charge in [-0.1, -0.05) is 142 Å². The molecule has 2 radical (unpaired) electrons. The Labute approximate surface area is 290 Å². The molecule has 0 aliphatic rings. The van der Waals surface area contributed by atoms with Crippen molar-refractivity contribution in [1.29, 1.82) is 0 Å². The Morgan fingerprint density at radius 3 is 1.18 bits per heavy atom. The first kappa shape index (κ1) is 45.3. The fourth-order valence-corrected chi connectivity index (χ4v) is 5.16. The molecule has 0 aliphatic heterocycles. The second kappa shape index (κ2) is 32.8. The van der Waals surface area contributed by atoms with Gasteiger partial charge in [0.1, 0.15) is 0 Å². The number of rotatable bonds is 28. The van der Waals surface area contributed by atoms with Crippen LogP contribution in [-0.2, 0) is 29.2 Å². The van der Waals surface area contributed by atoms with Gasteiger partial charge < -0.3 is 9.47 Å². The van der Waals surface area contributed by atoms with E-state index in [1.54, 1.807) is 0 Å². The van der Waals surface area contributed by atoms with Crippen LogP contribution >= 0.6 is 0 Å². The second-order valence-corrected chi connectivity index (χ2v) is 12.3. The summed E-state index contributed by atoms with van der Waals surface area (Å²) >= 11 is 0. The van der Waals surface area contributed by atoms with Crippen LogP contribution < -0.4 is 0 Å². The molecular weight excluding hydrogens is 550 g/mol. The van der Waals surface area contributed by atoms with E-state index < -0.39 is 33.7 Å². The quantitative estimate of drug-likeness (QED) is 0.0422. The molecule has 0 spiro atoms. The molecule has 0 saturated heterocycles. The molecule has 228 valence electrons. The molecule has 0 heterocycles. The average Bonchev–Trinajstić information content (AvgIpc) is 2.87. The van der Waals surface area contributed by atoms with Gasteiger partial charge in [-0.05, 0) is 12.8 Å². The maximum Gasteiger partial charge on any atom is 0.327 e. The van der Waals surface area contributed by atoms with Gasteiger partial charge in [-0.3, -0.25) is 14.1 Å². The number of esters is 2. The van der Waals surface area contributed by atoms with E-state index in [1.165, 1.54) is 89.9 Å². The molecule has 0 aromatic heterocycles. The van der Waals surface area contributed by atoms with Crippen LogP contribution in [0.4, 0.5) is 0 Å². The van der Waals surface area contributed by atoms with Crippen molar-refractivity contribution in [2.45, 2.75) is 167 Å². The van der Waals surface area contributed by atoms with Crippen LogP contribution in [0.1, 0.15) is 162 Å². The van der Waals surface area contributed by atoms with Crippen LogP contribution in [0.2, 0.25) is 0 Å². The molecule has 0 bridgehead atoms. The first-order valence-electron chi connectivity index (χ1n) is 15.6. The van der Waals surface area contributed by atoms with Crippen molar-refractivity contribution in [3.8, 4) is 0 Å². The standard InChI is InChI=1S/C30H58O7S.2Na/c1-3-5-7-9-11-13-15-17-19-21-23-25-36-29(31)27-28(38(33,34)35)30(32)37-26-24-22-20-18-16-14-12-10-8-6-4-2;;/h28H,3-27H2,1-2H3,(H,33,34,35);;. The minimum Gasteiger partial charge on any atom is -0.466 e. The van der Waals surface area contributed by atoms with Crippen molar-refractivity contribution in [3.05, 3.63) is 0 Å². The SMILES string of the molecule is CCCCCCCCCCCCCOC(=O)CC(C(=O)OCCCCCCCCCCCCC)S(=O)(=O)O.[Na].[Na]. The Morgan fingerprint density at radius 2 is 0.850 bits per heavy atom. The maximum atomic E-state index is 12.2. The fourth-order valence-electron chi connectivity index (χ4n) is 4.50. The molecular formula is C30H58Na2O7S. The Balaban J connectivity index is -0.00000684. The van der Waals surface area contributed by atoms with Gasteiger partial charge in [-0.2, -0.15) is 8.42 Å². The van der Waals surface area contributed by atoms with E-state index in [0.717, 1.165) is 38.5 Å². The fraction of sp³-hybridized carbons (Fsp3) is 0.933. The molecule has 0 saturated carbocycles. The van der Waals surface area contributed by atoms with Crippen LogP contribution in [0.5, 0.6) is 0 Å². The van der Waals surface area contributed by atoms with Gasteiger partial charge in [0.25, 0.3) is 10.1 Å². The summed E-state index contributed by atoms with van der Waals surface area (Å²) in [5.41, 5.74) is 0. The van der Waals surface area contributed by atoms with E-state index in [4.69, 9.17) is 9.47 Å². The number of ether oxygens (including phenoxy) is 2. The molecule has 1 atom stereocenters. The van der Waals surface area contributed by atoms with E-state index in [9.17, 15) is 22.6 Å². The molecule has 0 rings (SSSR count). The molecule has 1 N–H and O–H groups in total. The van der Waals surface area contributed by atoms with Crippen LogP contribution in [0.3, 0.4) is 0 Å². The normalized spacial score (nSPS) is 11.8. The van der Waals surface area contributed by atoms with Crippen molar-refractivity contribution >= 4 is 81.2 Å². The third-order valence-corrected chi connectivity index (χ3v) is 8.06. The summed E-state index contributed by atoms with van der Waals surface area (Å²) in [5, 5.41) is -1.93. The van der Waals surface area contributed by atoms with Gasteiger partial charge in [-0.15, -0.1) is 0 Å². The zero-order valence-corrected chi connectivity index (χ0v) is 31.4. The predicted molar refractivity (Wildman–Crippen MR) is 166 cm³/mol. The maximum absolute atomic E-state index is 12.2. The van der Waals surface area contributed by atoms with Crippen LogP contribution in [-0.4, -0.2) is 102 Å². The molecule has 40 heavy (non-hydrogen) atoms. The number of carbonyl (C=O) groups excluding carboxylic acids is 2. The van der Waals surface area contributed by atoms with E-state index >= 15 is 0 Å². The van der Waals surface area contributed by atoms with Crippen LogP contribution in [0.15, 0.2) is 0 Å². The smallest absolute Gasteiger partial charge is 0.327 e. The van der Waals surface area contributed by atoms with Gasteiger partial charge in [0, 0.05) is 59.1 Å². The number of hydrogen-bond acceptors (Lipinski definition) is 6. The Bertz CT molecular complexity index is 675. The summed E-state index contributed by atoms with van der Waals surface area (Å²) in [6.07, 6.45) is 24.8. The van der Waals surface area contributed by atoms with E-state index in [2.05, 4.69) is 13.8 Å². The van der Waals surface area contributed by atoms with Crippen molar-refractivity contribution < 1.29 is 32.0 Å². The van der Waals surface area contributed by atoms with Crippen molar-refractivity contribution in [1.82, 2.24) is 0 Å². The molecule has 1 unspecified atom stereocenters. The monoisotopic (exact) mass is 608 g/mol. The first-order chi connectivity index (χ1) is 18.3. The van der Waals surface area contributed by atoms with Crippen LogP contribution in [0.25, 0.3) is 0 Å². The molecule has 0 aromatic rings. The second-order valence-electron chi connectivity index (χ2n) is 10.7. The summed E-state index contributed by atoms with van der Waals surface area (Å²) in [6.45, 7) is 4.70. The van der Waals surface area contributed by atoms with Gasteiger partial charge in [0.15, 0.2) is 5.25 Å². The van der Waals surface area contributed by atoms with Gasteiger partial charge in [0.05, 0.1) is 19.6 Å². The average molecular weight is 609 g/mol. The minimum absolute atomic E-state index is 0. The predicted octanol–water partition coefficient (Wildman–Crippen LogP) is 7.58. The molecule has 10 heteroatoms. The molecule has 0 aromatic carbocycles. The first-order valence-corrected chi connectivity index (χ1v) is 17.1. The summed E-state index contributed by atoms with van der Waals surface area (Å²) in [5.74, 6) is -1.91. The molecule has 0 aliphatic carbocycles. The van der Waals surface area contributed by atoms with Crippen molar-refractivity contribution in [2.75, 3.05) is 13.2 Å². The third-order valence-electron chi connectivity index (χ3n) is 6.98. The summed E-state index contributed by atoms with van der Waals surface area (Å²) in [7, 11) is -4.76. The summed E-state index contributed by atoms with van der Waals surface area (Å²) in [4.78, 5) is 24.3. The molecule has 7 nitrogen and oxygen atoms in total. The van der Waals surface area contributed by atoms with E-state index in [-0.39, 0.29) is 72.3 Å². The Hall–Kier alpha value is 0.850. The molecule has 0 amide bonds. The topological polar surface area (TPSA) is 107 Å². The number of carbonyl (C=O) groups is 2. The summed E-state index contributed by atoms with van der Waals surface area (Å²) in [6, 6.07) is 0. The van der Waals surface area contributed by atoms with Crippen molar-refractivity contribution in [2.24, 2.45) is 0 Å². The summed E-state index contributed by atoms with van der Waals surface area (Å²) < 4.78 is 42.9. The Morgan fingerprint density at radius 1 is 0.550 bits per heavy atom. The van der Waals surface area contributed by atoms with Crippen molar-refractivity contribution in [3.63, 3.8) is 0 Å². The largest absolute Gasteiger partial charge is 0.466 e. The molecule has 0 fully saturated rings. The van der Waals surface area contributed by atoms with Crippen LogP contribution in [0, 0.1) is 0 Å². The Kier molecular flexibility index (Phi) is 37.1. The number of hydrogen-bond donors (Lipinski definition) is 1. The van der Waals surface area contributed by atoms with Gasteiger partial charge in [0.2, 0.25) is 0 Å². The third kappa shape index (κ3) is 30.3. The number of unbranched alkanes of at least 4 members (excludes halogenated alkanes) is 20. The minimum atomic E-state index is -4.76. The van der Waals surface area contributed by atoms with Gasteiger partial charge in [-0.25, -0.2) is 0 Å². The van der Waals surface area contributed by atoms with E-state index in [0.29, 0.717) is 12.8 Å². The van der Waals surface area contributed by atoms with E-state index in [1.807, 2.05) is 0 Å². The zero-order valence-electron chi connectivity index (χ0n) is 26.6. The van der Waals surface area contributed by atoms with Gasteiger partial charge >= 0.3 is 11.9 Å². The zero-order chi connectivity index (χ0) is 28.3.